The van der Waals surface area contributed by atoms with Gasteiger partial charge in [-0.2, -0.15) is 0 Å². The van der Waals surface area contributed by atoms with Crippen molar-refractivity contribution in [3.63, 3.8) is 0 Å². The van der Waals surface area contributed by atoms with Crippen LogP contribution in [-0.4, -0.2) is 96.5 Å². The summed E-state index contributed by atoms with van der Waals surface area (Å²) >= 11 is 0. The van der Waals surface area contributed by atoms with Crippen LogP contribution in [0.4, 0.5) is 13.6 Å². The predicted octanol–water partition coefficient (Wildman–Crippen LogP) is 1.39. The molecule has 1 aromatic carbocycles. The summed E-state index contributed by atoms with van der Waals surface area (Å²) < 4.78 is 42.7. The van der Waals surface area contributed by atoms with E-state index in [2.05, 4.69) is 0 Å². The molecule has 0 saturated carbocycles. The third-order valence-electron chi connectivity index (χ3n) is 5.52. The number of hydrogen-bond donors (Lipinski definition) is 2. The summed E-state index contributed by atoms with van der Waals surface area (Å²) in [4.78, 5) is 15.3. The fourth-order valence-corrected chi connectivity index (χ4v) is 3.94. The molecule has 10 heteroatoms. The van der Waals surface area contributed by atoms with Gasteiger partial charge in [-0.1, -0.05) is 0 Å². The van der Waals surface area contributed by atoms with Gasteiger partial charge >= 0.3 is 6.09 Å². The molecular weight excluding hydrogens is 414 g/mol. The predicted molar refractivity (Wildman–Crippen MR) is 107 cm³/mol. The summed E-state index contributed by atoms with van der Waals surface area (Å²) in [5, 5.41) is 22.0. The maximum absolute atomic E-state index is 13.4. The van der Waals surface area contributed by atoms with E-state index in [1.165, 1.54) is 0 Å². The van der Waals surface area contributed by atoms with E-state index in [1.54, 1.807) is 11.8 Å². The van der Waals surface area contributed by atoms with Gasteiger partial charge in [-0.15, -0.1) is 0 Å². The second kappa shape index (κ2) is 10.1. The average molecular weight is 444 g/mol. The van der Waals surface area contributed by atoms with Crippen molar-refractivity contribution in [3.05, 3.63) is 29.8 Å². The van der Waals surface area contributed by atoms with Crippen LogP contribution in [0.25, 0.3) is 0 Å². The summed E-state index contributed by atoms with van der Waals surface area (Å²) in [7, 11) is 0. The SMILES string of the molecule is CCOC(=O)N1CCC(O)(CN2CCOC[C@@](O)(COc3cc(F)cc(F)c3)C2)CC1. The van der Waals surface area contributed by atoms with Crippen molar-refractivity contribution >= 4 is 6.09 Å². The van der Waals surface area contributed by atoms with Crippen LogP contribution in [0.15, 0.2) is 18.2 Å². The fourth-order valence-electron chi connectivity index (χ4n) is 3.94. The third kappa shape index (κ3) is 6.73. The van der Waals surface area contributed by atoms with Crippen LogP contribution in [0, 0.1) is 11.6 Å². The summed E-state index contributed by atoms with van der Waals surface area (Å²) in [5.74, 6) is -1.55. The van der Waals surface area contributed by atoms with Crippen LogP contribution in [0.5, 0.6) is 5.75 Å². The Balaban J connectivity index is 1.56. The maximum Gasteiger partial charge on any atom is 0.409 e. The topological polar surface area (TPSA) is 91.7 Å². The molecule has 2 saturated heterocycles. The molecule has 8 nitrogen and oxygen atoms in total. The molecule has 0 bridgehead atoms. The van der Waals surface area contributed by atoms with Crippen molar-refractivity contribution in [2.45, 2.75) is 31.0 Å². The lowest BCUT2D eigenvalue weighted by molar-refractivity contribution is -0.0790. The minimum atomic E-state index is -1.42. The molecule has 1 aromatic rings. The van der Waals surface area contributed by atoms with Crippen molar-refractivity contribution in [1.82, 2.24) is 9.80 Å². The molecule has 0 aliphatic carbocycles. The number of β-amino-alcohol motifs (C(OH)–C–C–N with tert-alkyl or cyclic N) is 2. The van der Waals surface area contributed by atoms with Crippen molar-refractivity contribution in [2.24, 2.45) is 0 Å². The number of carbonyl (C=O) groups is 1. The minimum absolute atomic E-state index is 0.00361. The van der Waals surface area contributed by atoms with Crippen LogP contribution in [0.1, 0.15) is 19.8 Å². The van der Waals surface area contributed by atoms with E-state index in [9.17, 15) is 23.8 Å². The standard InChI is InChI=1S/C21H30F2N2O6/c1-2-30-19(26)25-5-3-20(27,4-6-25)12-24-7-8-29-14-21(28,13-24)15-31-18-10-16(22)9-17(23)11-18/h9-11,27-28H,2-8,12-15H2,1H3/t21-/m1/s1. The first-order valence-electron chi connectivity index (χ1n) is 10.5. The largest absolute Gasteiger partial charge is 0.490 e. The summed E-state index contributed by atoms with van der Waals surface area (Å²) in [6.45, 7) is 3.92. The van der Waals surface area contributed by atoms with Gasteiger partial charge in [-0.05, 0) is 19.8 Å². The maximum atomic E-state index is 13.4. The quantitative estimate of drug-likeness (QED) is 0.685. The van der Waals surface area contributed by atoms with Crippen molar-refractivity contribution in [2.75, 3.05) is 59.2 Å². The molecule has 31 heavy (non-hydrogen) atoms. The van der Waals surface area contributed by atoms with Crippen LogP contribution in [0.3, 0.4) is 0 Å². The first-order chi connectivity index (χ1) is 14.7. The van der Waals surface area contributed by atoms with Gasteiger partial charge in [0.2, 0.25) is 0 Å². The van der Waals surface area contributed by atoms with E-state index < -0.39 is 22.8 Å². The van der Waals surface area contributed by atoms with E-state index in [-0.39, 0.29) is 31.6 Å². The van der Waals surface area contributed by atoms with Crippen LogP contribution in [-0.2, 0) is 9.47 Å². The third-order valence-corrected chi connectivity index (χ3v) is 5.52. The van der Waals surface area contributed by atoms with Gasteiger partial charge in [0, 0.05) is 50.9 Å². The highest BCUT2D eigenvalue weighted by Crippen LogP contribution is 2.26. The van der Waals surface area contributed by atoms with Gasteiger partial charge in [0.05, 0.1) is 25.4 Å². The average Bonchev–Trinajstić information content (AvgIpc) is 2.87. The van der Waals surface area contributed by atoms with Crippen molar-refractivity contribution in [3.8, 4) is 5.75 Å². The lowest BCUT2D eigenvalue weighted by Gasteiger charge is -2.41. The molecule has 0 aromatic heterocycles. The Morgan fingerprint density at radius 3 is 2.45 bits per heavy atom. The Morgan fingerprint density at radius 1 is 1.13 bits per heavy atom. The Labute approximate surface area is 180 Å². The lowest BCUT2D eigenvalue weighted by Crippen LogP contribution is -2.55. The first-order valence-corrected chi connectivity index (χ1v) is 10.5. The molecule has 174 valence electrons. The summed E-state index contributed by atoms with van der Waals surface area (Å²) in [5.41, 5.74) is -2.43. The Morgan fingerprint density at radius 2 is 1.81 bits per heavy atom. The van der Waals surface area contributed by atoms with E-state index in [0.29, 0.717) is 52.2 Å². The van der Waals surface area contributed by atoms with Gasteiger partial charge in [-0.3, -0.25) is 4.90 Å². The highest BCUT2D eigenvalue weighted by Gasteiger charge is 2.40. The number of carbonyl (C=O) groups excluding carboxylic acids is 1. The van der Waals surface area contributed by atoms with E-state index >= 15 is 0 Å². The molecule has 0 unspecified atom stereocenters. The number of aliphatic hydroxyl groups is 2. The molecule has 0 spiro atoms. The second-order valence-electron chi connectivity index (χ2n) is 8.29. The molecule has 2 aliphatic rings. The Hall–Kier alpha value is -2.01. The van der Waals surface area contributed by atoms with E-state index in [0.717, 1.165) is 18.2 Å². The number of benzene rings is 1. The van der Waals surface area contributed by atoms with Gasteiger partial charge < -0.3 is 29.3 Å². The molecule has 2 N–H and O–H groups in total. The molecule has 1 amide bonds. The van der Waals surface area contributed by atoms with Crippen LogP contribution in [0.2, 0.25) is 0 Å². The fraction of sp³-hybridized carbons (Fsp3) is 0.667. The van der Waals surface area contributed by atoms with Crippen LogP contribution < -0.4 is 4.74 Å². The number of halogens is 2. The summed E-state index contributed by atoms with van der Waals surface area (Å²) in [6.07, 6.45) is 0.398. The monoisotopic (exact) mass is 444 g/mol. The zero-order chi connectivity index (χ0) is 22.5. The Bertz CT molecular complexity index is 739. The summed E-state index contributed by atoms with van der Waals surface area (Å²) in [6, 6.07) is 2.83. The first kappa shape index (κ1) is 23.6. The number of ether oxygens (including phenoxy) is 3. The Kier molecular flexibility index (Phi) is 7.68. The molecule has 2 aliphatic heterocycles. The van der Waals surface area contributed by atoms with Gasteiger partial charge in [0.1, 0.15) is 29.6 Å². The lowest BCUT2D eigenvalue weighted by atomic mass is 9.90. The number of likely N-dealkylation sites (tertiary alicyclic amines) is 1. The number of rotatable bonds is 6. The molecular formula is C21H30F2N2O6. The minimum Gasteiger partial charge on any atom is -0.490 e. The van der Waals surface area contributed by atoms with Gasteiger partial charge in [-0.25, -0.2) is 13.6 Å². The van der Waals surface area contributed by atoms with Gasteiger partial charge in [0.25, 0.3) is 0 Å². The highest BCUT2D eigenvalue weighted by molar-refractivity contribution is 5.67. The van der Waals surface area contributed by atoms with Crippen LogP contribution >= 0.6 is 0 Å². The van der Waals surface area contributed by atoms with E-state index in [4.69, 9.17) is 14.2 Å². The second-order valence-corrected chi connectivity index (χ2v) is 8.29. The molecule has 1 atom stereocenters. The zero-order valence-corrected chi connectivity index (χ0v) is 17.7. The molecule has 0 radical (unpaired) electrons. The zero-order valence-electron chi connectivity index (χ0n) is 17.7. The molecule has 3 rings (SSSR count). The van der Waals surface area contributed by atoms with Gasteiger partial charge in [0.15, 0.2) is 0 Å². The highest BCUT2D eigenvalue weighted by atomic mass is 19.1. The molecule has 2 heterocycles. The van der Waals surface area contributed by atoms with Crippen molar-refractivity contribution < 1.29 is 38.0 Å². The normalized spacial score (nSPS) is 24.5. The number of piperidine rings is 1. The number of hydrogen-bond acceptors (Lipinski definition) is 7. The molecule has 2 fully saturated rings. The van der Waals surface area contributed by atoms with E-state index in [1.807, 2.05) is 4.90 Å². The number of amides is 1. The van der Waals surface area contributed by atoms with Crippen molar-refractivity contribution in [1.29, 1.82) is 0 Å². The number of nitrogens with zero attached hydrogens (tertiary/aromatic N) is 2. The smallest absolute Gasteiger partial charge is 0.409 e.